The first-order chi connectivity index (χ1) is 10.4. The van der Waals surface area contributed by atoms with Crippen molar-refractivity contribution in [2.75, 3.05) is 6.61 Å². The summed E-state index contributed by atoms with van der Waals surface area (Å²) in [4.78, 5) is 12.0. The standard InChI is InChI=1S/C17H22N2O3/c1-13-9-15(19-22-13)10-16(20)18-17(2,3)12-21-11-14-7-5-4-6-8-14/h4-9H,10-12H2,1-3H3,(H,18,20). The molecule has 1 N–H and O–H groups in total. The van der Waals surface area contributed by atoms with Crippen LogP contribution in [0.2, 0.25) is 0 Å². The van der Waals surface area contributed by atoms with Crippen molar-refractivity contribution in [1.29, 1.82) is 0 Å². The zero-order chi connectivity index (χ0) is 16.0. The number of nitrogens with one attached hydrogen (secondary N) is 1. The van der Waals surface area contributed by atoms with E-state index in [1.807, 2.05) is 44.2 Å². The summed E-state index contributed by atoms with van der Waals surface area (Å²) in [6.45, 7) is 6.64. The molecule has 0 aliphatic rings. The predicted octanol–water partition coefficient (Wildman–Crippen LogP) is 2.64. The number of benzene rings is 1. The molecule has 0 unspecified atom stereocenters. The van der Waals surface area contributed by atoms with Crippen molar-refractivity contribution in [3.8, 4) is 0 Å². The Bertz CT molecular complexity index is 605. The van der Waals surface area contributed by atoms with Gasteiger partial charge in [0.25, 0.3) is 0 Å². The van der Waals surface area contributed by atoms with E-state index < -0.39 is 5.54 Å². The molecule has 1 heterocycles. The van der Waals surface area contributed by atoms with E-state index in [-0.39, 0.29) is 12.3 Å². The van der Waals surface area contributed by atoms with Gasteiger partial charge in [-0.3, -0.25) is 4.79 Å². The fourth-order valence-corrected chi connectivity index (χ4v) is 2.12. The SMILES string of the molecule is Cc1cc(CC(=O)NC(C)(C)COCc2ccccc2)no1. The summed E-state index contributed by atoms with van der Waals surface area (Å²) in [5, 5.41) is 6.78. The van der Waals surface area contributed by atoms with Gasteiger partial charge in [0.1, 0.15) is 5.76 Å². The molecule has 118 valence electrons. The molecule has 2 aromatic rings. The second kappa shape index (κ2) is 7.22. The van der Waals surface area contributed by atoms with E-state index in [4.69, 9.17) is 9.26 Å². The van der Waals surface area contributed by atoms with Gasteiger partial charge in [0.2, 0.25) is 5.91 Å². The molecule has 0 atom stereocenters. The molecule has 0 aliphatic carbocycles. The number of amides is 1. The lowest BCUT2D eigenvalue weighted by atomic mass is 10.1. The molecule has 1 amide bonds. The van der Waals surface area contributed by atoms with Crippen molar-refractivity contribution in [1.82, 2.24) is 10.5 Å². The molecule has 0 saturated heterocycles. The molecule has 0 saturated carbocycles. The van der Waals surface area contributed by atoms with Crippen LogP contribution in [0.3, 0.4) is 0 Å². The molecule has 0 spiro atoms. The molecule has 2 rings (SSSR count). The first-order valence-electron chi connectivity index (χ1n) is 7.29. The number of carbonyl (C=O) groups excluding carboxylic acids is 1. The Morgan fingerprint density at radius 1 is 1.32 bits per heavy atom. The van der Waals surface area contributed by atoms with Gasteiger partial charge in [0, 0.05) is 6.07 Å². The molecule has 0 aliphatic heterocycles. The first-order valence-corrected chi connectivity index (χ1v) is 7.29. The number of aryl methyl sites for hydroxylation is 1. The number of hydrogen-bond acceptors (Lipinski definition) is 4. The Morgan fingerprint density at radius 3 is 2.68 bits per heavy atom. The van der Waals surface area contributed by atoms with Gasteiger partial charge in [-0.15, -0.1) is 0 Å². The van der Waals surface area contributed by atoms with Gasteiger partial charge < -0.3 is 14.6 Å². The second-order valence-corrected chi connectivity index (χ2v) is 6.02. The molecule has 1 aromatic carbocycles. The number of ether oxygens (including phenoxy) is 1. The van der Waals surface area contributed by atoms with Crippen molar-refractivity contribution < 1.29 is 14.1 Å². The summed E-state index contributed by atoms with van der Waals surface area (Å²) in [6.07, 6.45) is 0.208. The molecule has 0 fully saturated rings. The second-order valence-electron chi connectivity index (χ2n) is 6.02. The summed E-state index contributed by atoms with van der Waals surface area (Å²) >= 11 is 0. The fraction of sp³-hybridized carbons (Fsp3) is 0.412. The predicted molar refractivity (Wildman–Crippen MR) is 83.3 cm³/mol. The maximum Gasteiger partial charge on any atom is 0.226 e. The zero-order valence-corrected chi connectivity index (χ0v) is 13.3. The number of carbonyl (C=O) groups is 1. The van der Waals surface area contributed by atoms with E-state index in [2.05, 4.69) is 10.5 Å². The van der Waals surface area contributed by atoms with Crippen LogP contribution in [0.1, 0.15) is 30.9 Å². The lowest BCUT2D eigenvalue weighted by Gasteiger charge is -2.26. The summed E-state index contributed by atoms with van der Waals surface area (Å²) in [5.74, 6) is 0.606. The topological polar surface area (TPSA) is 64.4 Å². The van der Waals surface area contributed by atoms with E-state index in [0.29, 0.717) is 24.7 Å². The van der Waals surface area contributed by atoms with Gasteiger partial charge >= 0.3 is 0 Å². The number of nitrogens with zero attached hydrogens (tertiary/aromatic N) is 1. The van der Waals surface area contributed by atoms with Crippen LogP contribution in [-0.2, 0) is 22.6 Å². The van der Waals surface area contributed by atoms with E-state index in [9.17, 15) is 4.79 Å². The molecule has 1 aromatic heterocycles. The highest BCUT2D eigenvalue weighted by Gasteiger charge is 2.21. The van der Waals surface area contributed by atoms with Gasteiger partial charge in [-0.05, 0) is 26.3 Å². The highest BCUT2D eigenvalue weighted by Crippen LogP contribution is 2.08. The average Bonchev–Trinajstić information content (AvgIpc) is 2.84. The van der Waals surface area contributed by atoms with Crippen LogP contribution >= 0.6 is 0 Å². The first kappa shape index (κ1) is 16.2. The minimum Gasteiger partial charge on any atom is -0.374 e. The van der Waals surface area contributed by atoms with Crippen molar-refractivity contribution in [3.63, 3.8) is 0 Å². The lowest BCUT2D eigenvalue weighted by Crippen LogP contribution is -2.47. The number of rotatable bonds is 7. The summed E-state index contributed by atoms with van der Waals surface area (Å²) < 4.78 is 10.6. The Hall–Kier alpha value is -2.14. The van der Waals surface area contributed by atoms with Crippen LogP contribution in [0.4, 0.5) is 0 Å². The zero-order valence-electron chi connectivity index (χ0n) is 13.3. The van der Waals surface area contributed by atoms with Gasteiger partial charge in [0.15, 0.2) is 0 Å². The monoisotopic (exact) mass is 302 g/mol. The largest absolute Gasteiger partial charge is 0.374 e. The van der Waals surface area contributed by atoms with E-state index >= 15 is 0 Å². The third kappa shape index (κ3) is 5.33. The van der Waals surface area contributed by atoms with Crippen LogP contribution in [0, 0.1) is 6.92 Å². The Morgan fingerprint density at radius 2 is 2.05 bits per heavy atom. The van der Waals surface area contributed by atoms with Crippen molar-refractivity contribution in [2.24, 2.45) is 0 Å². The number of hydrogen-bond donors (Lipinski definition) is 1. The Labute approximate surface area is 130 Å². The van der Waals surface area contributed by atoms with Crippen molar-refractivity contribution >= 4 is 5.91 Å². The molecular weight excluding hydrogens is 280 g/mol. The van der Waals surface area contributed by atoms with Crippen LogP contribution in [-0.4, -0.2) is 23.2 Å². The highest BCUT2D eigenvalue weighted by molar-refractivity contribution is 5.78. The molecule has 0 radical (unpaired) electrons. The third-order valence-corrected chi connectivity index (χ3v) is 3.07. The Kier molecular flexibility index (Phi) is 5.33. The number of aromatic nitrogens is 1. The summed E-state index contributed by atoms with van der Waals surface area (Å²) in [6, 6.07) is 11.7. The third-order valence-electron chi connectivity index (χ3n) is 3.07. The van der Waals surface area contributed by atoms with Gasteiger partial charge in [0.05, 0.1) is 30.9 Å². The highest BCUT2D eigenvalue weighted by atomic mass is 16.5. The van der Waals surface area contributed by atoms with Gasteiger partial charge in [-0.25, -0.2) is 0 Å². The van der Waals surface area contributed by atoms with E-state index in [1.54, 1.807) is 13.0 Å². The molecule has 22 heavy (non-hydrogen) atoms. The van der Waals surface area contributed by atoms with Crippen molar-refractivity contribution in [3.05, 3.63) is 53.4 Å². The molecular formula is C17H22N2O3. The van der Waals surface area contributed by atoms with E-state index in [1.165, 1.54) is 0 Å². The maximum atomic E-state index is 12.0. The van der Waals surface area contributed by atoms with Crippen LogP contribution in [0.15, 0.2) is 40.9 Å². The fourth-order valence-electron chi connectivity index (χ4n) is 2.12. The quantitative estimate of drug-likeness (QED) is 0.854. The lowest BCUT2D eigenvalue weighted by molar-refractivity contribution is -0.122. The minimum absolute atomic E-state index is 0.0957. The smallest absolute Gasteiger partial charge is 0.226 e. The van der Waals surface area contributed by atoms with Crippen LogP contribution < -0.4 is 5.32 Å². The molecule has 5 heteroatoms. The van der Waals surface area contributed by atoms with Crippen LogP contribution in [0.25, 0.3) is 0 Å². The maximum absolute atomic E-state index is 12.0. The molecule has 0 bridgehead atoms. The minimum atomic E-state index is -0.440. The average molecular weight is 302 g/mol. The van der Waals surface area contributed by atoms with Crippen LogP contribution in [0.5, 0.6) is 0 Å². The van der Waals surface area contributed by atoms with Crippen molar-refractivity contribution in [2.45, 2.75) is 39.3 Å². The van der Waals surface area contributed by atoms with E-state index in [0.717, 1.165) is 5.56 Å². The Balaban J connectivity index is 1.76. The summed E-state index contributed by atoms with van der Waals surface area (Å²) in [7, 11) is 0. The summed E-state index contributed by atoms with van der Waals surface area (Å²) in [5.41, 5.74) is 1.31. The van der Waals surface area contributed by atoms with Gasteiger partial charge in [-0.2, -0.15) is 0 Å². The molecule has 5 nitrogen and oxygen atoms in total. The normalized spacial score (nSPS) is 11.4. The van der Waals surface area contributed by atoms with Gasteiger partial charge in [-0.1, -0.05) is 35.5 Å².